The largest absolute Gasteiger partial charge is 0.506 e. The van der Waals surface area contributed by atoms with Crippen LogP contribution in [0.3, 0.4) is 0 Å². The minimum atomic E-state index is -0.469. The maximum absolute atomic E-state index is 13.0. The van der Waals surface area contributed by atoms with Crippen LogP contribution in [-0.4, -0.2) is 66.6 Å². The second kappa shape index (κ2) is 7.09. The monoisotopic (exact) mass is 382 g/mol. The number of likely N-dealkylation sites (N-methyl/N-ethyl adjacent to an activating group) is 1. The molecule has 0 bridgehead atoms. The molecule has 1 unspecified atom stereocenters. The Morgan fingerprint density at radius 1 is 1.21 bits per heavy atom. The molecule has 0 aliphatic carbocycles. The Morgan fingerprint density at radius 3 is 2.64 bits per heavy atom. The normalized spacial score (nSPS) is 21.5. The van der Waals surface area contributed by atoms with Crippen molar-refractivity contribution >= 4 is 22.6 Å². The zero-order chi connectivity index (χ0) is 19.9. The van der Waals surface area contributed by atoms with Crippen molar-refractivity contribution in [3.05, 3.63) is 42.0 Å². The van der Waals surface area contributed by atoms with Crippen molar-refractivity contribution in [2.24, 2.45) is 5.41 Å². The van der Waals surface area contributed by atoms with Gasteiger partial charge in [-0.25, -0.2) is 0 Å². The number of ether oxygens (including phenoxy) is 1. The van der Waals surface area contributed by atoms with Gasteiger partial charge in [0, 0.05) is 31.4 Å². The first-order valence-corrected chi connectivity index (χ1v) is 9.75. The molecule has 2 aliphatic rings. The predicted molar refractivity (Wildman–Crippen MR) is 106 cm³/mol. The Morgan fingerprint density at radius 2 is 1.93 bits per heavy atom. The van der Waals surface area contributed by atoms with Gasteiger partial charge in [0.15, 0.2) is 0 Å². The molecule has 6 heteroatoms. The molecule has 2 fully saturated rings. The van der Waals surface area contributed by atoms with E-state index in [9.17, 15) is 14.7 Å². The molecule has 0 saturated carbocycles. The molecule has 28 heavy (non-hydrogen) atoms. The number of phenols is 1. The number of aromatic hydroxyl groups is 1. The van der Waals surface area contributed by atoms with Gasteiger partial charge in [0.2, 0.25) is 0 Å². The van der Waals surface area contributed by atoms with E-state index in [-0.39, 0.29) is 23.7 Å². The highest BCUT2D eigenvalue weighted by Crippen LogP contribution is 2.43. The van der Waals surface area contributed by atoms with Crippen LogP contribution in [0, 0.1) is 5.41 Å². The lowest BCUT2D eigenvalue weighted by atomic mass is 9.76. The highest BCUT2D eigenvalue weighted by Gasteiger charge is 2.50. The maximum Gasteiger partial charge on any atom is 0.312 e. The lowest BCUT2D eigenvalue weighted by Gasteiger charge is -2.36. The van der Waals surface area contributed by atoms with Crippen molar-refractivity contribution in [3.63, 3.8) is 0 Å². The Bertz CT molecular complexity index is 916. The maximum atomic E-state index is 13.0. The standard InChI is InChI=1S/C22H26N2O4/c1-23(2)14-16-13-22(21(27)28-16)9-11-24(12-10-22)20(26)18-8-7-15-5-3-4-6-17(15)19(18)25/h3-8,16,25H,9-14H2,1-2H3. The molecule has 148 valence electrons. The average Bonchev–Trinajstić information content (AvgIpc) is 2.96. The van der Waals surface area contributed by atoms with Crippen LogP contribution < -0.4 is 0 Å². The van der Waals surface area contributed by atoms with Gasteiger partial charge in [-0.2, -0.15) is 0 Å². The summed E-state index contributed by atoms with van der Waals surface area (Å²) in [6, 6.07) is 11.0. The van der Waals surface area contributed by atoms with E-state index in [2.05, 4.69) is 0 Å². The summed E-state index contributed by atoms with van der Waals surface area (Å²) in [4.78, 5) is 29.3. The SMILES string of the molecule is CN(C)CC1CC2(CCN(C(=O)c3ccc4ccccc4c3O)CC2)C(=O)O1. The van der Waals surface area contributed by atoms with Crippen LogP contribution in [0.4, 0.5) is 0 Å². The zero-order valence-electron chi connectivity index (χ0n) is 16.4. The van der Waals surface area contributed by atoms with Gasteiger partial charge in [-0.3, -0.25) is 9.59 Å². The molecule has 1 atom stereocenters. The van der Waals surface area contributed by atoms with Crippen LogP contribution in [0.5, 0.6) is 5.75 Å². The molecule has 1 amide bonds. The van der Waals surface area contributed by atoms with E-state index in [4.69, 9.17) is 4.74 Å². The van der Waals surface area contributed by atoms with Crippen molar-refractivity contribution in [2.45, 2.75) is 25.4 Å². The molecular weight excluding hydrogens is 356 g/mol. The molecule has 2 aromatic rings. The van der Waals surface area contributed by atoms with Gasteiger partial charge in [0.25, 0.3) is 5.91 Å². The molecule has 1 spiro atoms. The van der Waals surface area contributed by atoms with Crippen molar-refractivity contribution in [1.29, 1.82) is 0 Å². The van der Waals surface area contributed by atoms with Crippen LogP contribution in [0.25, 0.3) is 10.8 Å². The summed E-state index contributed by atoms with van der Waals surface area (Å²) in [5.74, 6) is -0.288. The van der Waals surface area contributed by atoms with E-state index in [1.807, 2.05) is 49.3 Å². The lowest BCUT2D eigenvalue weighted by molar-refractivity contribution is -0.150. The van der Waals surface area contributed by atoms with E-state index < -0.39 is 5.41 Å². The molecule has 2 heterocycles. The Hall–Kier alpha value is -2.60. The number of likely N-dealkylation sites (tertiary alicyclic amines) is 1. The number of piperidine rings is 1. The van der Waals surface area contributed by atoms with Gasteiger partial charge < -0.3 is 19.6 Å². The van der Waals surface area contributed by atoms with Gasteiger partial charge in [-0.05, 0) is 38.4 Å². The molecule has 1 N–H and O–H groups in total. The minimum Gasteiger partial charge on any atom is -0.506 e. The second-order valence-electron chi connectivity index (χ2n) is 8.25. The van der Waals surface area contributed by atoms with Gasteiger partial charge >= 0.3 is 5.97 Å². The summed E-state index contributed by atoms with van der Waals surface area (Å²) in [7, 11) is 3.94. The minimum absolute atomic E-state index is 0.0229. The fourth-order valence-corrected chi connectivity index (χ4v) is 4.49. The topological polar surface area (TPSA) is 70.1 Å². The van der Waals surface area contributed by atoms with Gasteiger partial charge in [0.05, 0.1) is 11.0 Å². The zero-order valence-corrected chi connectivity index (χ0v) is 16.4. The first kappa shape index (κ1) is 18.7. The third-order valence-corrected chi connectivity index (χ3v) is 6.03. The highest BCUT2D eigenvalue weighted by atomic mass is 16.6. The predicted octanol–water partition coefficient (Wildman–Crippen LogP) is 2.64. The highest BCUT2D eigenvalue weighted by molar-refractivity contribution is 6.03. The smallest absolute Gasteiger partial charge is 0.312 e. The van der Waals surface area contributed by atoms with Crippen molar-refractivity contribution in [3.8, 4) is 5.75 Å². The van der Waals surface area contributed by atoms with E-state index >= 15 is 0 Å². The molecule has 2 aromatic carbocycles. The van der Waals surface area contributed by atoms with E-state index in [1.165, 1.54) is 0 Å². The third kappa shape index (κ3) is 3.22. The van der Waals surface area contributed by atoms with Crippen molar-refractivity contribution in [1.82, 2.24) is 9.80 Å². The number of carbonyl (C=O) groups excluding carboxylic acids is 2. The number of esters is 1. The number of benzene rings is 2. The van der Waals surface area contributed by atoms with E-state index in [0.717, 1.165) is 11.9 Å². The summed E-state index contributed by atoms with van der Waals surface area (Å²) in [6.45, 7) is 1.71. The molecule has 0 radical (unpaired) electrons. The molecular formula is C22H26N2O4. The number of rotatable bonds is 3. The fourth-order valence-electron chi connectivity index (χ4n) is 4.49. The number of hydrogen-bond acceptors (Lipinski definition) is 5. The Balaban J connectivity index is 1.48. The average molecular weight is 382 g/mol. The number of carbonyl (C=O) groups is 2. The first-order valence-electron chi connectivity index (χ1n) is 9.75. The van der Waals surface area contributed by atoms with E-state index in [1.54, 1.807) is 11.0 Å². The summed E-state index contributed by atoms with van der Waals surface area (Å²) < 4.78 is 5.59. The van der Waals surface area contributed by atoms with Crippen molar-refractivity contribution in [2.75, 3.05) is 33.7 Å². The molecule has 2 aliphatic heterocycles. The fraction of sp³-hybridized carbons (Fsp3) is 0.455. The van der Waals surface area contributed by atoms with Crippen LogP contribution in [0.1, 0.15) is 29.6 Å². The molecule has 6 nitrogen and oxygen atoms in total. The number of cyclic esters (lactones) is 1. The van der Waals surface area contributed by atoms with Gasteiger partial charge in [0.1, 0.15) is 11.9 Å². The number of hydrogen-bond donors (Lipinski definition) is 1. The van der Waals surface area contributed by atoms with Crippen molar-refractivity contribution < 1.29 is 19.4 Å². The first-order chi connectivity index (χ1) is 13.4. The van der Waals surface area contributed by atoms with Gasteiger partial charge in [-0.1, -0.05) is 30.3 Å². The quantitative estimate of drug-likeness (QED) is 0.827. The summed E-state index contributed by atoms with van der Waals surface area (Å²) in [5.41, 5.74) is -0.155. The lowest BCUT2D eigenvalue weighted by Crippen LogP contribution is -2.45. The molecule has 2 saturated heterocycles. The number of amides is 1. The second-order valence-corrected chi connectivity index (χ2v) is 8.25. The number of fused-ring (bicyclic) bond motifs is 1. The van der Waals surface area contributed by atoms with Gasteiger partial charge in [-0.15, -0.1) is 0 Å². The Labute approximate surface area is 164 Å². The van der Waals surface area contributed by atoms with Crippen LogP contribution >= 0.6 is 0 Å². The van der Waals surface area contributed by atoms with Crippen LogP contribution in [0.2, 0.25) is 0 Å². The van der Waals surface area contributed by atoms with Crippen LogP contribution in [-0.2, 0) is 9.53 Å². The number of phenolic OH excluding ortho intramolecular Hbond substituents is 1. The number of nitrogens with zero attached hydrogens (tertiary/aromatic N) is 2. The summed E-state index contributed by atoms with van der Waals surface area (Å²) in [6.07, 6.45) is 1.85. The van der Waals surface area contributed by atoms with E-state index in [0.29, 0.717) is 43.3 Å². The molecule has 4 rings (SSSR count). The van der Waals surface area contributed by atoms with Crippen LogP contribution in [0.15, 0.2) is 36.4 Å². The molecule has 0 aromatic heterocycles. The third-order valence-electron chi connectivity index (χ3n) is 6.03. The summed E-state index contributed by atoms with van der Waals surface area (Å²) >= 11 is 0. The Kier molecular flexibility index (Phi) is 4.75. The summed E-state index contributed by atoms with van der Waals surface area (Å²) in [5, 5.41) is 12.2.